The van der Waals surface area contributed by atoms with Gasteiger partial charge in [0.05, 0.1) is 25.4 Å². The first-order chi connectivity index (χ1) is 33.5. The molecule has 0 rings (SSSR count). The van der Waals surface area contributed by atoms with Crippen molar-refractivity contribution in [3.63, 3.8) is 0 Å². The van der Waals surface area contributed by atoms with E-state index in [2.05, 4.69) is 43.5 Å². The van der Waals surface area contributed by atoms with Crippen molar-refractivity contribution in [2.75, 3.05) is 13.2 Å². The van der Waals surface area contributed by atoms with Crippen LogP contribution in [-0.4, -0.2) is 47.4 Å². The molecule has 402 valence electrons. The van der Waals surface area contributed by atoms with Gasteiger partial charge in [-0.1, -0.05) is 289 Å². The van der Waals surface area contributed by atoms with Crippen LogP contribution in [0.25, 0.3) is 0 Å². The maximum atomic E-state index is 12.4. The van der Waals surface area contributed by atoms with E-state index in [-0.39, 0.29) is 18.5 Å². The third-order valence-electron chi connectivity index (χ3n) is 14.3. The Morgan fingerprint density at radius 3 is 1.15 bits per heavy atom. The molecule has 0 aliphatic rings. The summed E-state index contributed by atoms with van der Waals surface area (Å²) >= 11 is 0. The van der Waals surface area contributed by atoms with Crippen LogP contribution in [0.1, 0.15) is 335 Å². The Morgan fingerprint density at radius 1 is 0.412 bits per heavy atom. The van der Waals surface area contributed by atoms with Crippen molar-refractivity contribution < 1.29 is 24.5 Å². The largest absolute Gasteiger partial charge is 0.466 e. The van der Waals surface area contributed by atoms with E-state index in [1.54, 1.807) is 0 Å². The molecule has 0 bridgehead atoms. The molecule has 2 unspecified atom stereocenters. The number of aliphatic hydroxyl groups is 2. The number of rotatable bonds is 57. The second kappa shape index (κ2) is 57.9. The van der Waals surface area contributed by atoms with Gasteiger partial charge < -0.3 is 20.3 Å². The molecular weight excluding hydrogens is 839 g/mol. The molecule has 0 saturated carbocycles. The predicted molar refractivity (Wildman–Crippen MR) is 296 cm³/mol. The lowest BCUT2D eigenvalue weighted by Gasteiger charge is -2.22. The minimum absolute atomic E-state index is 0.00972. The van der Waals surface area contributed by atoms with Crippen LogP contribution in [0.5, 0.6) is 0 Å². The maximum Gasteiger partial charge on any atom is 0.305 e. The van der Waals surface area contributed by atoms with Gasteiger partial charge in [0.1, 0.15) is 0 Å². The van der Waals surface area contributed by atoms with Gasteiger partial charge in [-0.2, -0.15) is 0 Å². The second-order valence-electron chi connectivity index (χ2n) is 21.0. The Hall–Kier alpha value is -1.66. The molecule has 0 aromatic carbocycles. The summed E-state index contributed by atoms with van der Waals surface area (Å²) in [5, 5.41) is 23.2. The number of aliphatic hydroxyl groups excluding tert-OH is 2. The lowest BCUT2D eigenvalue weighted by atomic mass is 10.0. The summed E-state index contributed by atoms with van der Waals surface area (Å²) < 4.78 is 5.50. The molecule has 0 spiro atoms. The molecule has 2 atom stereocenters. The number of nitrogens with one attached hydrogen (secondary N) is 1. The lowest BCUT2D eigenvalue weighted by Crippen LogP contribution is -2.45. The first-order valence-corrected chi connectivity index (χ1v) is 30.6. The van der Waals surface area contributed by atoms with Gasteiger partial charge in [0.25, 0.3) is 0 Å². The van der Waals surface area contributed by atoms with Crippen molar-refractivity contribution in [3.8, 4) is 0 Å². The number of unbranched alkanes of at least 4 members (excludes halogenated alkanes) is 42. The minimum Gasteiger partial charge on any atom is -0.466 e. The van der Waals surface area contributed by atoms with E-state index in [1.165, 1.54) is 250 Å². The Morgan fingerprint density at radius 2 is 0.735 bits per heavy atom. The summed E-state index contributed by atoms with van der Waals surface area (Å²) in [7, 11) is 0. The van der Waals surface area contributed by atoms with Gasteiger partial charge in [0, 0.05) is 12.8 Å². The molecule has 0 saturated heterocycles. The smallest absolute Gasteiger partial charge is 0.305 e. The molecule has 0 aliphatic carbocycles. The molecule has 0 radical (unpaired) electrons. The van der Waals surface area contributed by atoms with E-state index < -0.39 is 12.1 Å². The van der Waals surface area contributed by atoms with Crippen LogP contribution >= 0.6 is 0 Å². The first kappa shape index (κ1) is 66.3. The highest BCUT2D eigenvalue weighted by molar-refractivity contribution is 5.76. The zero-order valence-electron chi connectivity index (χ0n) is 45.9. The predicted octanol–water partition coefficient (Wildman–Crippen LogP) is 19.0. The normalized spacial score (nSPS) is 12.7. The van der Waals surface area contributed by atoms with Crippen LogP contribution < -0.4 is 5.32 Å². The number of amides is 1. The molecule has 0 heterocycles. The molecule has 0 aromatic heterocycles. The first-order valence-electron chi connectivity index (χ1n) is 30.6. The number of esters is 1. The zero-order chi connectivity index (χ0) is 49.3. The third kappa shape index (κ3) is 53.7. The fourth-order valence-corrected chi connectivity index (χ4v) is 9.55. The highest BCUT2D eigenvalue weighted by Gasteiger charge is 2.20. The van der Waals surface area contributed by atoms with Gasteiger partial charge >= 0.3 is 5.97 Å². The average molecular weight is 959 g/mol. The molecule has 0 aliphatic heterocycles. The number of allylic oxidation sites excluding steroid dienone is 4. The Labute approximate surface area is 424 Å². The Balaban J connectivity index is 3.34. The third-order valence-corrected chi connectivity index (χ3v) is 14.3. The van der Waals surface area contributed by atoms with Gasteiger partial charge in [0.15, 0.2) is 0 Å². The van der Waals surface area contributed by atoms with Crippen LogP contribution in [0.4, 0.5) is 0 Å². The Kier molecular flexibility index (Phi) is 56.5. The van der Waals surface area contributed by atoms with E-state index in [0.29, 0.717) is 25.9 Å². The highest BCUT2D eigenvalue weighted by Crippen LogP contribution is 2.18. The summed E-state index contributed by atoms with van der Waals surface area (Å²) in [5.41, 5.74) is 0. The number of carbonyl (C=O) groups is 2. The van der Waals surface area contributed by atoms with Crippen molar-refractivity contribution in [2.45, 2.75) is 347 Å². The van der Waals surface area contributed by atoms with Crippen LogP contribution in [0.2, 0.25) is 0 Å². The van der Waals surface area contributed by atoms with Crippen molar-refractivity contribution in [2.24, 2.45) is 0 Å². The van der Waals surface area contributed by atoms with Crippen molar-refractivity contribution in [3.05, 3.63) is 24.3 Å². The Bertz CT molecular complexity index is 1060. The van der Waals surface area contributed by atoms with Gasteiger partial charge in [-0.3, -0.25) is 9.59 Å². The second-order valence-corrected chi connectivity index (χ2v) is 21.0. The molecule has 0 aromatic rings. The van der Waals surface area contributed by atoms with Gasteiger partial charge in [-0.15, -0.1) is 0 Å². The van der Waals surface area contributed by atoms with Crippen molar-refractivity contribution in [1.29, 1.82) is 0 Å². The number of carbonyl (C=O) groups excluding carboxylic acids is 2. The lowest BCUT2D eigenvalue weighted by molar-refractivity contribution is -0.143. The van der Waals surface area contributed by atoms with Gasteiger partial charge in [-0.05, 0) is 57.8 Å². The molecule has 6 nitrogen and oxygen atoms in total. The maximum absolute atomic E-state index is 12.4. The highest BCUT2D eigenvalue weighted by atomic mass is 16.5. The van der Waals surface area contributed by atoms with Crippen molar-refractivity contribution >= 4 is 11.9 Å². The van der Waals surface area contributed by atoms with E-state index >= 15 is 0 Å². The van der Waals surface area contributed by atoms with Crippen molar-refractivity contribution in [1.82, 2.24) is 5.32 Å². The minimum atomic E-state index is -0.662. The molecular formula is C62H119NO5. The standard InChI is InChI=1S/C62H119NO5/c1-3-5-7-9-11-13-15-16-17-18-23-27-30-33-36-40-44-48-52-56-62(67)68-57-53-49-45-41-37-34-31-28-25-22-20-19-21-24-26-29-32-35-39-43-47-51-55-61(66)63-59(58-64)60(65)54-50-46-42-38-14-12-10-8-6-4-2/h11,13,16-17,59-60,64-65H,3-10,12,14-15,18-58H2,1-2H3,(H,63,66)/b13-11-,17-16-. The van der Waals surface area contributed by atoms with Crippen LogP contribution in [0, 0.1) is 0 Å². The van der Waals surface area contributed by atoms with Crippen LogP contribution in [0.3, 0.4) is 0 Å². The number of hydrogen-bond acceptors (Lipinski definition) is 5. The van der Waals surface area contributed by atoms with E-state index in [9.17, 15) is 19.8 Å². The molecule has 6 heteroatoms. The molecule has 3 N–H and O–H groups in total. The fourth-order valence-electron chi connectivity index (χ4n) is 9.55. The SMILES string of the molecule is CCCCC/C=C\C/C=C\CCCCCCCCCCCC(=O)OCCCCCCCCCCCCCCCCCCCCCCCCC(=O)NC(CO)C(O)CCCCCCCCCCCC. The van der Waals surface area contributed by atoms with Gasteiger partial charge in [0.2, 0.25) is 5.91 Å². The van der Waals surface area contributed by atoms with E-state index in [1.807, 2.05) is 0 Å². The topological polar surface area (TPSA) is 95.9 Å². The monoisotopic (exact) mass is 958 g/mol. The van der Waals surface area contributed by atoms with Gasteiger partial charge in [-0.25, -0.2) is 0 Å². The number of hydrogen-bond donors (Lipinski definition) is 3. The molecule has 0 fully saturated rings. The summed E-state index contributed by atoms with van der Waals surface area (Å²) in [5.74, 6) is -0.0262. The number of ether oxygens (including phenoxy) is 1. The van der Waals surface area contributed by atoms with Crippen LogP contribution in [0.15, 0.2) is 24.3 Å². The summed E-state index contributed by atoms with van der Waals surface area (Å²) in [4.78, 5) is 24.5. The molecule has 1 amide bonds. The van der Waals surface area contributed by atoms with E-state index in [0.717, 1.165) is 51.4 Å². The summed E-state index contributed by atoms with van der Waals surface area (Å²) in [6.45, 7) is 4.93. The van der Waals surface area contributed by atoms with Crippen LogP contribution in [-0.2, 0) is 14.3 Å². The average Bonchev–Trinajstić information content (AvgIpc) is 3.34. The summed E-state index contributed by atoms with van der Waals surface area (Å²) in [6, 6.07) is -0.539. The molecule has 68 heavy (non-hydrogen) atoms. The quantitative estimate of drug-likeness (QED) is 0.0321. The zero-order valence-corrected chi connectivity index (χ0v) is 45.9. The summed E-state index contributed by atoms with van der Waals surface area (Å²) in [6.07, 6.45) is 70.5. The fraction of sp³-hybridized carbons (Fsp3) is 0.903. The van der Waals surface area contributed by atoms with E-state index in [4.69, 9.17) is 4.74 Å².